The van der Waals surface area contributed by atoms with E-state index < -0.39 is 10.0 Å². The number of rotatable bonds is 2. The number of halogens is 1. The van der Waals surface area contributed by atoms with Crippen molar-refractivity contribution in [1.29, 1.82) is 0 Å². The molecule has 1 aromatic carbocycles. The molecule has 1 amide bonds. The van der Waals surface area contributed by atoms with E-state index in [4.69, 9.17) is 11.6 Å². The van der Waals surface area contributed by atoms with Gasteiger partial charge in [0.25, 0.3) is 0 Å². The Kier molecular flexibility index (Phi) is 3.85. The molecule has 0 bridgehead atoms. The van der Waals surface area contributed by atoms with Gasteiger partial charge in [-0.3, -0.25) is 4.79 Å². The third-order valence-electron chi connectivity index (χ3n) is 3.20. The predicted molar refractivity (Wildman–Crippen MR) is 72.6 cm³/mol. The van der Waals surface area contributed by atoms with Crippen molar-refractivity contribution in [1.82, 2.24) is 9.21 Å². The molecule has 1 aromatic rings. The van der Waals surface area contributed by atoms with E-state index in [0.717, 1.165) is 5.56 Å². The minimum atomic E-state index is -3.66. The molecule has 1 saturated heterocycles. The topological polar surface area (TPSA) is 57.7 Å². The zero-order valence-electron chi connectivity index (χ0n) is 10.8. The number of carbonyl (C=O) groups is 1. The van der Waals surface area contributed by atoms with E-state index in [9.17, 15) is 13.2 Å². The van der Waals surface area contributed by atoms with Gasteiger partial charge in [0.1, 0.15) is 0 Å². The minimum Gasteiger partial charge on any atom is -0.343 e. The number of sulfonamides is 1. The van der Waals surface area contributed by atoms with Crippen molar-refractivity contribution in [3.8, 4) is 0 Å². The van der Waals surface area contributed by atoms with Crippen LogP contribution in [0.5, 0.6) is 0 Å². The van der Waals surface area contributed by atoms with Crippen molar-refractivity contribution in [2.45, 2.75) is 11.8 Å². The lowest BCUT2D eigenvalue weighted by molar-refractivity contribution is -0.132. The van der Waals surface area contributed by atoms with Crippen molar-refractivity contribution in [3.63, 3.8) is 0 Å². The Hall–Kier alpha value is -1.11. The third-order valence-corrected chi connectivity index (χ3v) is 5.45. The summed E-state index contributed by atoms with van der Waals surface area (Å²) in [4.78, 5) is 13.2. The van der Waals surface area contributed by atoms with Gasteiger partial charge in [0.05, 0.1) is 11.4 Å². The molecule has 0 saturated carbocycles. The Labute approximate surface area is 117 Å². The molecule has 0 aliphatic carbocycles. The smallest absolute Gasteiger partial charge is 0.243 e. The van der Waals surface area contributed by atoms with Crippen LogP contribution in [0.25, 0.3) is 0 Å². The number of hydrogen-bond donors (Lipinski definition) is 0. The summed E-state index contributed by atoms with van der Waals surface area (Å²) in [6.07, 6.45) is 0. The van der Waals surface area contributed by atoms with Crippen molar-refractivity contribution >= 4 is 27.5 Å². The summed E-state index contributed by atoms with van der Waals surface area (Å²) in [5.74, 6) is -0.201. The number of nitrogens with zero attached hydrogens (tertiary/aromatic N) is 2. The van der Waals surface area contributed by atoms with Crippen LogP contribution in [-0.4, -0.2) is 50.2 Å². The molecule has 1 aliphatic rings. The number of aryl methyl sites for hydroxylation is 1. The fourth-order valence-electron chi connectivity index (χ4n) is 1.83. The van der Waals surface area contributed by atoms with E-state index in [1.165, 1.54) is 21.3 Å². The molecule has 0 unspecified atom stereocenters. The van der Waals surface area contributed by atoms with Gasteiger partial charge in [-0.25, -0.2) is 8.42 Å². The summed E-state index contributed by atoms with van der Waals surface area (Å²) in [7, 11) is -1.99. The number of likely N-dealkylation sites (N-methyl/N-ethyl adjacent to an activating group) is 1. The lowest BCUT2D eigenvalue weighted by Crippen LogP contribution is -2.50. The molecular formula is C12H15ClN2O3S. The highest BCUT2D eigenvalue weighted by Gasteiger charge is 2.31. The molecule has 19 heavy (non-hydrogen) atoms. The highest BCUT2D eigenvalue weighted by atomic mass is 35.5. The van der Waals surface area contributed by atoms with Gasteiger partial charge in [-0.05, 0) is 24.6 Å². The number of piperazine rings is 1. The van der Waals surface area contributed by atoms with Gasteiger partial charge in [0.15, 0.2) is 0 Å². The molecule has 0 radical (unpaired) electrons. The quantitative estimate of drug-likeness (QED) is 0.822. The summed E-state index contributed by atoms with van der Waals surface area (Å²) >= 11 is 5.95. The molecule has 5 nitrogen and oxygen atoms in total. The van der Waals surface area contributed by atoms with Crippen LogP contribution in [0.4, 0.5) is 0 Å². The van der Waals surface area contributed by atoms with Gasteiger partial charge >= 0.3 is 0 Å². The first-order chi connectivity index (χ1) is 8.82. The maximum Gasteiger partial charge on any atom is 0.243 e. The summed E-state index contributed by atoms with van der Waals surface area (Å²) in [5.41, 5.74) is 0.815. The molecule has 0 atom stereocenters. The van der Waals surface area contributed by atoms with E-state index in [-0.39, 0.29) is 17.3 Å². The zero-order valence-corrected chi connectivity index (χ0v) is 12.3. The average molecular weight is 303 g/mol. The Balaban J connectivity index is 2.32. The monoisotopic (exact) mass is 302 g/mol. The predicted octanol–water partition coefficient (Wildman–Crippen LogP) is 1.11. The molecule has 1 heterocycles. The third kappa shape index (κ3) is 2.75. The van der Waals surface area contributed by atoms with Crippen LogP contribution in [0.1, 0.15) is 5.56 Å². The minimum absolute atomic E-state index is 0.121. The van der Waals surface area contributed by atoms with Gasteiger partial charge in [-0.2, -0.15) is 4.31 Å². The van der Waals surface area contributed by atoms with Crippen molar-refractivity contribution in [2.75, 3.05) is 26.7 Å². The highest BCUT2D eigenvalue weighted by Crippen LogP contribution is 2.23. The summed E-state index contributed by atoms with van der Waals surface area (Å²) in [6, 6.07) is 4.60. The largest absolute Gasteiger partial charge is 0.343 e. The van der Waals surface area contributed by atoms with Crippen LogP contribution in [0, 0.1) is 6.92 Å². The summed E-state index contributed by atoms with van der Waals surface area (Å²) in [6.45, 7) is 2.39. The van der Waals surface area contributed by atoms with E-state index in [1.807, 2.05) is 0 Å². The Morgan fingerprint density at radius 2 is 1.95 bits per heavy atom. The van der Waals surface area contributed by atoms with Gasteiger partial charge in [-0.1, -0.05) is 17.7 Å². The fourth-order valence-corrected chi connectivity index (χ4v) is 3.48. The standard InChI is InChI=1S/C12H15ClN2O3S/c1-9-3-4-10(7-11(9)13)19(17,18)15-6-5-14(2)12(16)8-15/h3-4,7H,5-6,8H2,1-2H3. The second-order valence-corrected chi connectivity index (χ2v) is 6.91. The lowest BCUT2D eigenvalue weighted by Gasteiger charge is -2.31. The first-order valence-electron chi connectivity index (χ1n) is 5.82. The zero-order chi connectivity index (χ0) is 14.2. The maximum atomic E-state index is 12.4. The molecular weight excluding hydrogens is 288 g/mol. The molecule has 1 fully saturated rings. The number of amides is 1. The van der Waals surface area contributed by atoms with Gasteiger partial charge in [0.2, 0.25) is 15.9 Å². The molecule has 0 N–H and O–H groups in total. The Morgan fingerprint density at radius 1 is 1.26 bits per heavy atom. The van der Waals surface area contributed by atoms with Crippen LogP contribution >= 0.6 is 11.6 Å². The number of benzene rings is 1. The Bertz CT molecular complexity index is 615. The number of hydrogen-bond acceptors (Lipinski definition) is 3. The van der Waals surface area contributed by atoms with Crippen LogP contribution in [0.3, 0.4) is 0 Å². The van der Waals surface area contributed by atoms with Crippen molar-refractivity contribution in [3.05, 3.63) is 28.8 Å². The van der Waals surface area contributed by atoms with Crippen molar-refractivity contribution < 1.29 is 13.2 Å². The molecule has 2 rings (SSSR count). The van der Waals surface area contributed by atoms with E-state index in [1.54, 1.807) is 20.0 Å². The molecule has 0 aromatic heterocycles. The second kappa shape index (κ2) is 5.11. The SMILES string of the molecule is Cc1ccc(S(=O)(=O)N2CCN(C)C(=O)C2)cc1Cl. The number of carbonyl (C=O) groups excluding carboxylic acids is 1. The van der Waals surface area contributed by atoms with Crippen LogP contribution in [-0.2, 0) is 14.8 Å². The van der Waals surface area contributed by atoms with Crippen LogP contribution in [0.15, 0.2) is 23.1 Å². The van der Waals surface area contributed by atoms with Gasteiger partial charge in [-0.15, -0.1) is 0 Å². The van der Waals surface area contributed by atoms with E-state index >= 15 is 0 Å². The van der Waals surface area contributed by atoms with E-state index in [2.05, 4.69) is 0 Å². The van der Waals surface area contributed by atoms with E-state index in [0.29, 0.717) is 18.1 Å². The van der Waals surface area contributed by atoms with Gasteiger partial charge in [0, 0.05) is 25.2 Å². The molecule has 104 valence electrons. The van der Waals surface area contributed by atoms with Gasteiger partial charge < -0.3 is 4.90 Å². The van der Waals surface area contributed by atoms with Crippen molar-refractivity contribution in [2.24, 2.45) is 0 Å². The Morgan fingerprint density at radius 3 is 2.53 bits per heavy atom. The first-order valence-corrected chi connectivity index (χ1v) is 7.64. The summed E-state index contributed by atoms with van der Waals surface area (Å²) < 4.78 is 26.0. The second-order valence-electron chi connectivity index (χ2n) is 4.56. The highest BCUT2D eigenvalue weighted by molar-refractivity contribution is 7.89. The summed E-state index contributed by atoms with van der Waals surface area (Å²) in [5, 5.41) is 0.404. The maximum absolute atomic E-state index is 12.4. The normalized spacial score (nSPS) is 17.8. The van der Waals surface area contributed by atoms with Crippen LogP contribution < -0.4 is 0 Å². The first kappa shape index (κ1) is 14.3. The molecule has 1 aliphatic heterocycles. The van der Waals surface area contributed by atoms with Crippen LogP contribution in [0.2, 0.25) is 5.02 Å². The lowest BCUT2D eigenvalue weighted by atomic mass is 10.2. The molecule has 7 heteroatoms. The molecule has 0 spiro atoms. The fraction of sp³-hybridized carbons (Fsp3) is 0.417. The average Bonchev–Trinajstić information content (AvgIpc) is 2.35.